The van der Waals surface area contributed by atoms with Crippen LogP contribution in [0.15, 0.2) is 45.7 Å². The molecule has 5 rings (SSSR count). The van der Waals surface area contributed by atoms with Crippen LogP contribution in [0.1, 0.15) is 23.2 Å². The Balaban J connectivity index is 1.31. The summed E-state index contributed by atoms with van der Waals surface area (Å²) in [5, 5.41) is 17.6. The second-order valence-corrected chi connectivity index (χ2v) is 9.08. The highest BCUT2D eigenvalue weighted by molar-refractivity contribution is 6.33. The zero-order valence-corrected chi connectivity index (χ0v) is 20.5. The third-order valence-electron chi connectivity index (χ3n) is 6.42. The minimum absolute atomic E-state index is 0.0371. The molecule has 9 nitrogen and oxygen atoms in total. The van der Waals surface area contributed by atoms with E-state index in [2.05, 4.69) is 15.1 Å². The van der Waals surface area contributed by atoms with Crippen LogP contribution in [0.4, 0.5) is 14.5 Å². The van der Waals surface area contributed by atoms with E-state index in [9.17, 15) is 19.1 Å². The molecule has 37 heavy (non-hydrogen) atoms. The molecule has 4 aromatic rings. The zero-order valence-electron chi connectivity index (χ0n) is 19.7. The van der Waals surface area contributed by atoms with E-state index in [0.717, 1.165) is 6.07 Å². The lowest BCUT2D eigenvalue weighted by molar-refractivity contribution is 0.0695. The molecule has 1 aliphatic rings. The van der Waals surface area contributed by atoms with E-state index in [1.807, 2.05) is 11.8 Å². The van der Waals surface area contributed by atoms with Gasteiger partial charge in [-0.05, 0) is 37.3 Å². The van der Waals surface area contributed by atoms with Crippen molar-refractivity contribution in [3.05, 3.63) is 74.9 Å². The Morgan fingerprint density at radius 1 is 1.14 bits per heavy atom. The molecule has 3 heterocycles. The third kappa shape index (κ3) is 4.79. The Bertz CT molecular complexity index is 1560. The molecule has 12 heteroatoms. The first-order valence-electron chi connectivity index (χ1n) is 11.6. The van der Waals surface area contributed by atoms with Gasteiger partial charge < -0.3 is 19.0 Å². The summed E-state index contributed by atoms with van der Waals surface area (Å²) >= 11 is 6.08. The van der Waals surface area contributed by atoms with E-state index in [1.165, 1.54) is 24.4 Å². The fourth-order valence-electron chi connectivity index (χ4n) is 4.48. The number of aromatic carboxylic acids is 1. The summed E-state index contributed by atoms with van der Waals surface area (Å²) in [7, 11) is 0. The van der Waals surface area contributed by atoms with Crippen LogP contribution in [0.3, 0.4) is 0 Å². The van der Waals surface area contributed by atoms with Gasteiger partial charge in [-0.1, -0.05) is 11.6 Å². The molecule has 0 bridgehead atoms. The summed E-state index contributed by atoms with van der Waals surface area (Å²) in [5.41, 5.74) is 0.181. The van der Waals surface area contributed by atoms with Crippen LogP contribution in [-0.2, 0) is 13.1 Å². The summed E-state index contributed by atoms with van der Waals surface area (Å²) in [6, 6.07) is 6.65. The molecule has 2 aromatic heterocycles. The molecule has 0 saturated carbocycles. The molecular formula is C25H22ClF2N5O4. The van der Waals surface area contributed by atoms with E-state index in [1.54, 1.807) is 10.6 Å². The second-order valence-electron chi connectivity index (χ2n) is 8.67. The highest BCUT2D eigenvalue weighted by Crippen LogP contribution is 2.29. The largest absolute Gasteiger partial charge is 0.477 e. The molecule has 0 unspecified atom stereocenters. The van der Waals surface area contributed by atoms with Crippen LogP contribution in [-0.4, -0.2) is 56.9 Å². The summed E-state index contributed by atoms with van der Waals surface area (Å²) in [6.07, 6.45) is 1.30. The Labute approximate surface area is 214 Å². The lowest BCUT2D eigenvalue weighted by Crippen LogP contribution is -2.46. The van der Waals surface area contributed by atoms with Gasteiger partial charge in [0, 0.05) is 44.3 Å². The number of hydrogen-bond donors (Lipinski definition) is 1. The molecule has 0 radical (unpaired) electrons. The molecule has 0 atom stereocenters. The van der Waals surface area contributed by atoms with Gasteiger partial charge in [0.2, 0.25) is 17.2 Å². The number of nitrogens with zero attached hydrogens (tertiary/aromatic N) is 5. The molecule has 1 aliphatic heterocycles. The molecule has 2 aromatic carbocycles. The van der Waals surface area contributed by atoms with Gasteiger partial charge in [0.05, 0.1) is 28.3 Å². The number of anilines is 1. The van der Waals surface area contributed by atoms with Crippen LogP contribution < -0.4 is 10.3 Å². The van der Waals surface area contributed by atoms with E-state index >= 15 is 4.39 Å². The highest BCUT2D eigenvalue weighted by atomic mass is 35.5. The van der Waals surface area contributed by atoms with E-state index in [0.29, 0.717) is 61.9 Å². The van der Waals surface area contributed by atoms with Gasteiger partial charge in [-0.15, -0.1) is 10.2 Å². The fourth-order valence-corrected chi connectivity index (χ4v) is 4.73. The molecule has 1 N–H and O–H groups in total. The average molecular weight is 530 g/mol. The van der Waals surface area contributed by atoms with Crippen molar-refractivity contribution in [1.82, 2.24) is 19.7 Å². The quantitative estimate of drug-likeness (QED) is 0.399. The van der Waals surface area contributed by atoms with E-state index in [-0.39, 0.29) is 21.9 Å². The molecule has 0 spiro atoms. The summed E-state index contributed by atoms with van der Waals surface area (Å²) in [4.78, 5) is 28.0. The topological polar surface area (TPSA) is 105 Å². The Morgan fingerprint density at radius 3 is 2.57 bits per heavy atom. The SMILES string of the molecule is CCn1cc(C(=O)O)c(=O)c2cc(F)c(N3CCN(Cc4nnc(-c5ccc(F)cc5Cl)o4)CC3)cc21. The first-order valence-corrected chi connectivity index (χ1v) is 12.0. The maximum absolute atomic E-state index is 15.1. The van der Waals surface area contributed by atoms with Crippen molar-refractivity contribution in [1.29, 1.82) is 0 Å². The number of aromatic nitrogens is 3. The molecule has 0 amide bonds. The fraction of sp³-hybridized carbons (Fsp3) is 0.280. The molecule has 1 saturated heterocycles. The van der Waals surface area contributed by atoms with Crippen LogP contribution >= 0.6 is 11.6 Å². The standard InChI is InChI=1S/C25H22ClF2N5O4/c1-2-32-12-17(25(35)36)23(34)16-10-19(28)21(11-20(16)32)33-7-5-31(6-8-33)13-22-29-30-24(37-22)15-4-3-14(27)9-18(15)26/h3-4,9-12H,2,5-8,13H2,1H3,(H,35,36). The number of aryl methyl sites for hydroxylation is 1. The number of hydrogen-bond acceptors (Lipinski definition) is 7. The number of benzene rings is 2. The Morgan fingerprint density at radius 2 is 1.89 bits per heavy atom. The molecule has 1 fully saturated rings. The van der Waals surface area contributed by atoms with Gasteiger partial charge in [0.1, 0.15) is 17.2 Å². The molecule has 0 aliphatic carbocycles. The predicted octanol–water partition coefficient (Wildman–Crippen LogP) is 4.02. The number of rotatable bonds is 6. The van der Waals surface area contributed by atoms with Gasteiger partial charge in [0.25, 0.3) is 0 Å². The summed E-state index contributed by atoms with van der Waals surface area (Å²) in [5.74, 6) is -1.81. The van der Waals surface area contributed by atoms with Crippen molar-refractivity contribution >= 4 is 34.2 Å². The van der Waals surface area contributed by atoms with E-state index < -0.39 is 23.0 Å². The number of piperazine rings is 1. The lowest BCUT2D eigenvalue weighted by Gasteiger charge is -2.35. The van der Waals surface area contributed by atoms with Crippen molar-refractivity contribution in [2.24, 2.45) is 0 Å². The summed E-state index contributed by atoms with van der Waals surface area (Å²) < 4.78 is 35.8. The van der Waals surface area contributed by atoms with Gasteiger partial charge in [-0.2, -0.15) is 0 Å². The lowest BCUT2D eigenvalue weighted by atomic mass is 10.1. The smallest absolute Gasteiger partial charge is 0.341 e. The van der Waals surface area contributed by atoms with Gasteiger partial charge in [-0.25, -0.2) is 13.6 Å². The van der Waals surface area contributed by atoms with Crippen molar-refractivity contribution in [3.63, 3.8) is 0 Å². The van der Waals surface area contributed by atoms with E-state index in [4.69, 9.17) is 16.0 Å². The van der Waals surface area contributed by atoms with Crippen molar-refractivity contribution < 1.29 is 23.1 Å². The first-order chi connectivity index (χ1) is 17.7. The minimum atomic E-state index is -1.34. The number of carboxylic acids is 1. The van der Waals surface area contributed by atoms with Crippen LogP contribution in [0.5, 0.6) is 0 Å². The minimum Gasteiger partial charge on any atom is -0.477 e. The first kappa shape index (κ1) is 24.8. The predicted molar refractivity (Wildman–Crippen MR) is 133 cm³/mol. The summed E-state index contributed by atoms with van der Waals surface area (Å²) in [6.45, 7) is 4.83. The average Bonchev–Trinajstić information content (AvgIpc) is 3.32. The number of carbonyl (C=O) groups is 1. The maximum atomic E-state index is 15.1. The van der Waals surface area contributed by atoms with Crippen molar-refractivity contribution in [2.75, 3.05) is 31.1 Å². The normalized spacial score (nSPS) is 14.4. The van der Waals surface area contributed by atoms with Crippen LogP contribution in [0, 0.1) is 11.6 Å². The number of pyridine rings is 1. The Kier molecular flexibility index (Phi) is 6.65. The van der Waals surface area contributed by atoms with Crippen LogP contribution in [0.25, 0.3) is 22.4 Å². The number of fused-ring (bicyclic) bond motifs is 1. The highest BCUT2D eigenvalue weighted by Gasteiger charge is 2.24. The second kappa shape index (κ2) is 9.91. The van der Waals surface area contributed by atoms with Crippen LogP contribution in [0.2, 0.25) is 5.02 Å². The third-order valence-corrected chi connectivity index (χ3v) is 6.73. The number of carboxylic acid groups (broad SMARTS) is 1. The maximum Gasteiger partial charge on any atom is 0.341 e. The van der Waals surface area contributed by atoms with Crippen molar-refractivity contribution in [2.45, 2.75) is 20.0 Å². The zero-order chi connectivity index (χ0) is 26.3. The van der Waals surface area contributed by atoms with Gasteiger partial charge in [-0.3, -0.25) is 9.69 Å². The molecule has 192 valence electrons. The Hall–Kier alpha value is -3.83. The van der Waals surface area contributed by atoms with Crippen molar-refractivity contribution in [3.8, 4) is 11.5 Å². The van der Waals surface area contributed by atoms with Gasteiger partial charge in [0.15, 0.2) is 0 Å². The monoisotopic (exact) mass is 529 g/mol. The van der Waals surface area contributed by atoms with Gasteiger partial charge >= 0.3 is 5.97 Å². The number of halogens is 3. The molecular weight excluding hydrogens is 508 g/mol.